The molecule has 0 aliphatic carbocycles. The van der Waals surface area contributed by atoms with E-state index in [1.54, 1.807) is 18.2 Å². The van der Waals surface area contributed by atoms with Gasteiger partial charge in [-0.3, -0.25) is 14.2 Å². The Morgan fingerprint density at radius 3 is 2.52 bits per heavy atom. The normalized spacial score (nSPS) is 11.1. The summed E-state index contributed by atoms with van der Waals surface area (Å²) in [5.74, 6) is -0.0803. The predicted octanol–water partition coefficient (Wildman–Crippen LogP) is 3.94. The summed E-state index contributed by atoms with van der Waals surface area (Å²) in [6, 6.07) is 19.4. The molecule has 0 fully saturated rings. The molecule has 0 saturated heterocycles. The van der Waals surface area contributed by atoms with E-state index in [0.717, 1.165) is 24.4 Å². The average molecular weight is 385 g/mol. The molecule has 0 bridgehead atoms. The molecule has 2 aromatic carbocycles. The number of Topliss-reactive ketones (excluding diaryl/α,β-unsaturated/α-hetero) is 1. The molecule has 0 unspecified atom stereocenters. The number of rotatable bonds is 6. The number of hydrogen-bond acceptors (Lipinski definition) is 3. The van der Waals surface area contributed by atoms with Gasteiger partial charge in [-0.25, -0.2) is 4.98 Å². The zero-order chi connectivity index (χ0) is 20.4. The van der Waals surface area contributed by atoms with Crippen LogP contribution in [0.3, 0.4) is 0 Å². The highest BCUT2D eigenvalue weighted by Crippen LogP contribution is 2.17. The fourth-order valence-corrected chi connectivity index (χ4v) is 3.77. The van der Waals surface area contributed by atoms with Gasteiger partial charge in [-0.2, -0.15) is 0 Å². The van der Waals surface area contributed by atoms with Gasteiger partial charge in [0.2, 0.25) is 0 Å². The van der Waals surface area contributed by atoms with Crippen molar-refractivity contribution in [2.24, 2.45) is 0 Å². The van der Waals surface area contributed by atoms with E-state index < -0.39 is 0 Å². The second kappa shape index (κ2) is 7.87. The Morgan fingerprint density at radius 1 is 1.00 bits per heavy atom. The number of fused-ring (bicyclic) bond motifs is 1. The topological polar surface area (TPSA) is 56.9 Å². The van der Waals surface area contributed by atoms with Crippen LogP contribution in [0.2, 0.25) is 0 Å². The summed E-state index contributed by atoms with van der Waals surface area (Å²) >= 11 is 0. The number of para-hydroxylation sites is 1. The third kappa shape index (κ3) is 3.76. The van der Waals surface area contributed by atoms with Crippen LogP contribution in [0.15, 0.2) is 71.8 Å². The Labute approximate surface area is 169 Å². The number of carbonyl (C=O) groups excluding carboxylic acids is 1. The van der Waals surface area contributed by atoms with Gasteiger partial charge >= 0.3 is 0 Å². The SMILES string of the molecule is Cc1cc(C(=O)Cn2cnc3ccccc3c2=O)c(C)n1CCc1ccccc1. The van der Waals surface area contributed by atoms with Crippen molar-refractivity contribution in [2.75, 3.05) is 0 Å². The standard InChI is InChI=1S/C24H23N3O2/c1-17-14-21(18(2)27(17)13-12-19-8-4-3-5-9-19)23(28)15-26-16-25-22-11-7-6-10-20(22)24(26)29/h3-11,14,16H,12-13,15H2,1-2H3. The molecule has 0 spiro atoms. The number of aromatic nitrogens is 3. The molecule has 0 radical (unpaired) electrons. The minimum atomic E-state index is -0.193. The summed E-state index contributed by atoms with van der Waals surface area (Å²) in [7, 11) is 0. The molecule has 146 valence electrons. The third-order valence-corrected chi connectivity index (χ3v) is 5.39. The minimum absolute atomic E-state index is 0.0142. The maximum atomic E-state index is 13.0. The van der Waals surface area contributed by atoms with E-state index in [1.807, 2.05) is 44.2 Å². The van der Waals surface area contributed by atoms with E-state index in [1.165, 1.54) is 16.5 Å². The van der Waals surface area contributed by atoms with Gasteiger partial charge in [-0.15, -0.1) is 0 Å². The van der Waals surface area contributed by atoms with E-state index in [0.29, 0.717) is 16.5 Å². The smallest absolute Gasteiger partial charge is 0.261 e. The van der Waals surface area contributed by atoms with Gasteiger partial charge in [0.15, 0.2) is 5.78 Å². The van der Waals surface area contributed by atoms with E-state index in [-0.39, 0.29) is 17.9 Å². The number of aryl methyl sites for hydroxylation is 2. The first-order chi connectivity index (χ1) is 14.0. The number of carbonyl (C=O) groups is 1. The van der Waals surface area contributed by atoms with Gasteiger partial charge < -0.3 is 4.57 Å². The van der Waals surface area contributed by atoms with Crippen LogP contribution in [-0.4, -0.2) is 19.9 Å². The molecule has 2 aromatic heterocycles. The predicted molar refractivity (Wildman–Crippen MR) is 114 cm³/mol. The molecule has 0 aliphatic heterocycles. The van der Waals surface area contributed by atoms with Crippen molar-refractivity contribution in [2.45, 2.75) is 33.4 Å². The van der Waals surface area contributed by atoms with Crippen molar-refractivity contribution < 1.29 is 4.79 Å². The number of ketones is 1. The van der Waals surface area contributed by atoms with Crippen LogP contribution >= 0.6 is 0 Å². The molecular formula is C24H23N3O2. The lowest BCUT2D eigenvalue weighted by molar-refractivity contribution is 0.0970. The van der Waals surface area contributed by atoms with Crippen molar-refractivity contribution in [1.82, 2.24) is 14.1 Å². The fourth-order valence-electron chi connectivity index (χ4n) is 3.77. The molecule has 0 saturated carbocycles. The van der Waals surface area contributed by atoms with Crippen LogP contribution in [0.5, 0.6) is 0 Å². The first-order valence-corrected chi connectivity index (χ1v) is 9.72. The molecule has 29 heavy (non-hydrogen) atoms. The summed E-state index contributed by atoms with van der Waals surface area (Å²) in [5.41, 5.74) is 4.36. The number of benzene rings is 2. The Bertz CT molecular complexity index is 1240. The van der Waals surface area contributed by atoms with Crippen LogP contribution in [0.4, 0.5) is 0 Å². The maximum Gasteiger partial charge on any atom is 0.261 e. The molecule has 0 atom stereocenters. The van der Waals surface area contributed by atoms with Crippen LogP contribution in [0.1, 0.15) is 27.3 Å². The Kier molecular flexibility index (Phi) is 5.12. The monoisotopic (exact) mass is 385 g/mol. The largest absolute Gasteiger partial charge is 0.348 e. The highest BCUT2D eigenvalue weighted by Gasteiger charge is 2.17. The first-order valence-electron chi connectivity index (χ1n) is 9.72. The Hall–Kier alpha value is -3.47. The van der Waals surface area contributed by atoms with Gasteiger partial charge in [-0.1, -0.05) is 42.5 Å². The van der Waals surface area contributed by atoms with Crippen LogP contribution in [0.25, 0.3) is 10.9 Å². The highest BCUT2D eigenvalue weighted by atomic mass is 16.1. The highest BCUT2D eigenvalue weighted by molar-refractivity contribution is 5.97. The molecule has 0 aliphatic rings. The van der Waals surface area contributed by atoms with Gasteiger partial charge in [0, 0.05) is 23.5 Å². The second-order valence-electron chi connectivity index (χ2n) is 7.29. The molecule has 0 amide bonds. The summed E-state index contributed by atoms with van der Waals surface area (Å²) in [6.45, 7) is 4.78. The first kappa shape index (κ1) is 18.9. The van der Waals surface area contributed by atoms with E-state index >= 15 is 0 Å². The zero-order valence-corrected chi connectivity index (χ0v) is 16.6. The van der Waals surface area contributed by atoms with E-state index in [4.69, 9.17) is 0 Å². The van der Waals surface area contributed by atoms with E-state index in [9.17, 15) is 9.59 Å². The number of hydrogen-bond donors (Lipinski definition) is 0. The lowest BCUT2D eigenvalue weighted by atomic mass is 10.1. The summed E-state index contributed by atoms with van der Waals surface area (Å²) in [5, 5.41) is 0.524. The molecule has 4 aromatic rings. The van der Waals surface area contributed by atoms with Crippen molar-refractivity contribution in [1.29, 1.82) is 0 Å². The molecular weight excluding hydrogens is 362 g/mol. The summed E-state index contributed by atoms with van der Waals surface area (Å²) in [6.07, 6.45) is 2.36. The molecule has 5 nitrogen and oxygen atoms in total. The van der Waals surface area contributed by atoms with Crippen molar-refractivity contribution in [3.63, 3.8) is 0 Å². The molecule has 4 rings (SSSR count). The zero-order valence-electron chi connectivity index (χ0n) is 16.6. The van der Waals surface area contributed by atoms with Crippen molar-refractivity contribution in [3.8, 4) is 0 Å². The lowest BCUT2D eigenvalue weighted by Crippen LogP contribution is -2.25. The van der Waals surface area contributed by atoms with Gasteiger partial charge in [0.25, 0.3) is 5.56 Å². The van der Waals surface area contributed by atoms with Crippen molar-refractivity contribution >= 4 is 16.7 Å². The number of nitrogens with zero attached hydrogens (tertiary/aromatic N) is 3. The Balaban J connectivity index is 1.57. The van der Waals surface area contributed by atoms with Crippen LogP contribution < -0.4 is 5.56 Å². The van der Waals surface area contributed by atoms with Crippen LogP contribution in [-0.2, 0) is 19.5 Å². The van der Waals surface area contributed by atoms with Crippen molar-refractivity contribution in [3.05, 3.63) is 99.9 Å². The maximum absolute atomic E-state index is 13.0. The quantitative estimate of drug-likeness (QED) is 0.473. The van der Waals surface area contributed by atoms with Gasteiger partial charge in [0.1, 0.15) is 0 Å². The lowest BCUT2D eigenvalue weighted by Gasteiger charge is -2.10. The average Bonchev–Trinajstić information content (AvgIpc) is 3.03. The summed E-state index contributed by atoms with van der Waals surface area (Å²) < 4.78 is 3.56. The summed E-state index contributed by atoms with van der Waals surface area (Å²) in [4.78, 5) is 29.9. The Morgan fingerprint density at radius 2 is 1.72 bits per heavy atom. The second-order valence-corrected chi connectivity index (χ2v) is 7.29. The van der Waals surface area contributed by atoms with E-state index in [2.05, 4.69) is 21.7 Å². The van der Waals surface area contributed by atoms with Crippen LogP contribution in [0, 0.1) is 13.8 Å². The molecule has 0 N–H and O–H groups in total. The fraction of sp³-hybridized carbons (Fsp3) is 0.208. The minimum Gasteiger partial charge on any atom is -0.348 e. The molecule has 2 heterocycles. The van der Waals surface area contributed by atoms with Gasteiger partial charge in [0.05, 0.1) is 23.8 Å². The third-order valence-electron chi connectivity index (χ3n) is 5.39. The van der Waals surface area contributed by atoms with Gasteiger partial charge in [-0.05, 0) is 44.0 Å². The molecule has 5 heteroatoms.